The van der Waals surface area contributed by atoms with E-state index in [-0.39, 0.29) is 5.91 Å². The molecular formula is C21H26N2O3. The lowest BCUT2D eigenvalue weighted by atomic mass is 10.1. The summed E-state index contributed by atoms with van der Waals surface area (Å²) in [5.41, 5.74) is 2.90. The second-order valence-electron chi connectivity index (χ2n) is 6.35. The second kappa shape index (κ2) is 9.36. The van der Waals surface area contributed by atoms with Crippen LogP contribution in [0.3, 0.4) is 0 Å². The van der Waals surface area contributed by atoms with Crippen LogP contribution in [-0.2, 0) is 17.8 Å². The van der Waals surface area contributed by atoms with Crippen molar-refractivity contribution >= 4 is 5.91 Å². The number of carbonyl (C=O) groups is 1. The number of ether oxygens (including phenoxy) is 2. The second-order valence-corrected chi connectivity index (χ2v) is 6.35. The molecule has 1 N–H and O–H groups in total. The van der Waals surface area contributed by atoms with Gasteiger partial charge in [-0.15, -0.1) is 0 Å². The van der Waals surface area contributed by atoms with Crippen molar-refractivity contribution in [3.05, 3.63) is 65.2 Å². The zero-order chi connectivity index (χ0) is 18.2. The summed E-state index contributed by atoms with van der Waals surface area (Å²) < 4.78 is 10.8. The number of rotatable bonds is 7. The van der Waals surface area contributed by atoms with Gasteiger partial charge in [0, 0.05) is 31.7 Å². The first-order valence-electron chi connectivity index (χ1n) is 9.13. The number of amides is 1. The number of nitrogens with one attached hydrogen (secondary N) is 1. The maximum Gasteiger partial charge on any atom is 0.251 e. The Balaban J connectivity index is 1.54. The highest BCUT2D eigenvalue weighted by molar-refractivity contribution is 5.94. The Kier molecular flexibility index (Phi) is 6.63. The molecule has 0 unspecified atom stereocenters. The molecule has 26 heavy (non-hydrogen) atoms. The first-order chi connectivity index (χ1) is 12.7. The third-order valence-electron chi connectivity index (χ3n) is 4.39. The minimum atomic E-state index is -0.0530. The lowest BCUT2D eigenvalue weighted by molar-refractivity contribution is 0.0342. The van der Waals surface area contributed by atoms with E-state index in [1.54, 1.807) is 0 Å². The van der Waals surface area contributed by atoms with E-state index in [2.05, 4.69) is 16.3 Å². The van der Waals surface area contributed by atoms with E-state index in [4.69, 9.17) is 9.47 Å². The largest absolute Gasteiger partial charge is 0.494 e. The van der Waals surface area contributed by atoms with Gasteiger partial charge in [-0.05, 0) is 42.3 Å². The van der Waals surface area contributed by atoms with E-state index in [0.717, 1.165) is 49.7 Å². The quantitative estimate of drug-likeness (QED) is 0.831. The molecule has 1 fully saturated rings. The molecule has 1 heterocycles. The molecule has 0 bridgehead atoms. The summed E-state index contributed by atoms with van der Waals surface area (Å²) in [6, 6.07) is 15.6. The molecule has 1 amide bonds. The van der Waals surface area contributed by atoms with Gasteiger partial charge in [0.25, 0.3) is 5.91 Å². The molecule has 0 aliphatic carbocycles. The van der Waals surface area contributed by atoms with Gasteiger partial charge in [0.15, 0.2) is 0 Å². The zero-order valence-corrected chi connectivity index (χ0v) is 15.2. The fraction of sp³-hybridized carbons (Fsp3) is 0.381. The molecule has 1 aliphatic rings. The van der Waals surface area contributed by atoms with Gasteiger partial charge in [0.2, 0.25) is 0 Å². The van der Waals surface area contributed by atoms with Crippen molar-refractivity contribution in [1.82, 2.24) is 10.2 Å². The lowest BCUT2D eigenvalue weighted by Crippen LogP contribution is -2.35. The Labute approximate surface area is 154 Å². The highest BCUT2D eigenvalue weighted by atomic mass is 16.5. The van der Waals surface area contributed by atoms with Crippen molar-refractivity contribution in [3.63, 3.8) is 0 Å². The molecule has 2 aromatic rings. The fourth-order valence-electron chi connectivity index (χ4n) is 2.98. The van der Waals surface area contributed by atoms with Crippen molar-refractivity contribution in [1.29, 1.82) is 0 Å². The van der Waals surface area contributed by atoms with Crippen molar-refractivity contribution in [2.24, 2.45) is 0 Å². The normalized spacial score (nSPS) is 14.8. The maximum absolute atomic E-state index is 12.5. The molecule has 1 saturated heterocycles. The average molecular weight is 354 g/mol. The van der Waals surface area contributed by atoms with E-state index < -0.39 is 0 Å². The van der Waals surface area contributed by atoms with Crippen LogP contribution in [0.2, 0.25) is 0 Å². The number of hydrogen-bond acceptors (Lipinski definition) is 4. The van der Waals surface area contributed by atoms with Gasteiger partial charge in [-0.1, -0.05) is 24.3 Å². The van der Waals surface area contributed by atoms with Crippen LogP contribution >= 0.6 is 0 Å². The molecular weight excluding hydrogens is 328 g/mol. The smallest absolute Gasteiger partial charge is 0.251 e. The number of nitrogens with zero attached hydrogens (tertiary/aromatic N) is 1. The summed E-state index contributed by atoms with van der Waals surface area (Å²) >= 11 is 0. The van der Waals surface area contributed by atoms with Crippen molar-refractivity contribution in [2.45, 2.75) is 20.0 Å². The number of morpholine rings is 1. The third kappa shape index (κ3) is 5.31. The molecule has 2 aromatic carbocycles. The molecule has 0 atom stereocenters. The first kappa shape index (κ1) is 18.4. The summed E-state index contributed by atoms with van der Waals surface area (Å²) in [7, 11) is 0. The molecule has 0 saturated carbocycles. The van der Waals surface area contributed by atoms with E-state index in [1.165, 1.54) is 0 Å². The van der Waals surface area contributed by atoms with Crippen molar-refractivity contribution in [3.8, 4) is 5.75 Å². The van der Waals surface area contributed by atoms with E-state index in [0.29, 0.717) is 18.7 Å². The van der Waals surface area contributed by atoms with Gasteiger partial charge in [0.1, 0.15) is 5.75 Å². The Morgan fingerprint density at radius 1 is 1.12 bits per heavy atom. The molecule has 1 aliphatic heterocycles. The lowest BCUT2D eigenvalue weighted by Gasteiger charge is -2.26. The highest BCUT2D eigenvalue weighted by Gasteiger charge is 2.12. The summed E-state index contributed by atoms with van der Waals surface area (Å²) in [4.78, 5) is 14.8. The monoisotopic (exact) mass is 354 g/mol. The third-order valence-corrected chi connectivity index (χ3v) is 4.39. The highest BCUT2D eigenvalue weighted by Crippen LogP contribution is 2.13. The molecule has 3 rings (SSSR count). The van der Waals surface area contributed by atoms with E-state index in [1.807, 2.05) is 49.4 Å². The minimum Gasteiger partial charge on any atom is -0.494 e. The predicted octanol–water partition coefficient (Wildman–Crippen LogP) is 2.85. The molecule has 138 valence electrons. The topological polar surface area (TPSA) is 50.8 Å². The summed E-state index contributed by atoms with van der Waals surface area (Å²) in [5, 5.41) is 2.98. The van der Waals surface area contributed by atoms with Gasteiger partial charge in [0.05, 0.1) is 19.8 Å². The van der Waals surface area contributed by atoms with E-state index >= 15 is 0 Å². The van der Waals surface area contributed by atoms with Gasteiger partial charge >= 0.3 is 0 Å². The van der Waals surface area contributed by atoms with Crippen LogP contribution in [-0.4, -0.2) is 43.7 Å². The molecule has 0 radical (unpaired) electrons. The predicted molar refractivity (Wildman–Crippen MR) is 101 cm³/mol. The van der Waals surface area contributed by atoms with Crippen LogP contribution in [0.5, 0.6) is 5.75 Å². The fourth-order valence-corrected chi connectivity index (χ4v) is 2.98. The summed E-state index contributed by atoms with van der Waals surface area (Å²) in [6.45, 7) is 7.40. The van der Waals surface area contributed by atoms with Crippen LogP contribution in [0.15, 0.2) is 48.5 Å². The SMILES string of the molecule is CCOc1ccc(CNC(=O)c2cccc(CN3CCOCC3)c2)cc1. The Morgan fingerprint density at radius 3 is 2.62 bits per heavy atom. The molecule has 0 aromatic heterocycles. The Morgan fingerprint density at radius 2 is 1.88 bits per heavy atom. The molecule has 5 heteroatoms. The van der Waals surface area contributed by atoms with Gasteiger partial charge in [-0.2, -0.15) is 0 Å². The van der Waals surface area contributed by atoms with Crippen LogP contribution in [0, 0.1) is 0 Å². The number of carbonyl (C=O) groups excluding carboxylic acids is 1. The van der Waals surface area contributed by atoms with Crippen LogP contribution < -0.4 is 10.1 Å². The molecule has 5 nitrogen and oxygen atoms in total. The van der Waals surface area contributed by atoms with Crippen LogP contribution in [0.25, 0.3) is 0 Å². The van der Waals surface area contributed by atoms with Crippen molar-refractivity contribution in [2.75, 3.05) is 32.9 Å². The summed E-state index contributed by atoms with van der Waals surface area (Å²) in [6.07, 6.45) is 0. The minimum absolute atomic E-state index is 0.0530. The van der Waals surface area contributed by atoms with Crippen LogP contribution in [0.4, 0.5) is 0 Å². The van der Waals surface area contributed by atoms with Crippen LogP contribution in [0.1, 0.15) is 28.4 Å². The van der Waals surface area contributed by atoms with Gasteiger partial charge in [-0.25, -0.2) is 0 Å². The summed E-state index contributed by atoms with van der Waals surface area (Å²) in [5.74, 6) is 0.793. The average Bonchev–Trinajstić information content (AvgIpc) is 2.68. The Hall–Kier alpha value is -2.37. The maximum atomic E-state index is 12.5. The van der Waals surface area contributed by atoms with Crippen molar-refractivity contribution < 1.29 is 14.3 Å². The number of benzene rings is 2. The van der Waals surface area contributed by atoms with Gasteiger partial charge in [-0.3, -0.25) is 9.69 Å². The number of hydrogen-bond donors (Lipinski definition) is 1. The van der Waals surface area contributed by atoms with E-state index in [9.17, 15) is 4.79 Å². The molecule has 0 spiro atoms. The standard InChI is InChI=1S/C21H26N2O3/c1-2-26-20-8-6-17(7-9-20)15-22-21(24)19-5-3-4-18(14-19)16-23-10-12-25-13-11-23/h3-9,14H,2,10-13,15-16H2,1H3,(H,22,24). The Bertz CT molecular complexity index is 709. The zero-order valence-electron chi connectivity index (χ0n) is 15.2. The first-order valence-corrected chi connectivity index (χ1v) is 9.13. The van der Waals surface area contributed by atoms with Gasteiger partial charge < -0.3 is 14.8 Å².